The number of amides is 1. The van der Waals surface area contributed by atoms with Crippen LogP contribution in [0, 0.1) is 0 Å². The van der Waals surface area contributed by atoms with Gasteiger partial charge in [0.1, 0.15) is 0 Å². The first-order valence-corrected chi connectivity index (χ1v) is 8.17. The van der Waals surface area contributed by atoms with Crippen molar-refractivity contribution in [3.63, 3.8) is 0 Å². The van der Waals surface area contributed by atoms with Crippen molar-refractivity contribution in [3.05, 3.63) is 58.6 Å². The number of carbonyl (C=O) groups is 1. The van der Waals surface area contributed by atoms with Crippen LogP contribution in [0.1, 0.15) is 29.8 Å². The van der Waals surface area contributed by atoms with Gasteiger partial charge in [-0.1, -0.05) is 23.7 Å². The molecule has 0 spiro atoms. The van der Waals surface area contributed by atoms with Crippen molar-refractivity contribution in [1.29, 1.82) is 0 Å². The molecule has 0 saturated heterocycles. The van der Waals surface area contributed by atoms with Crippen LogP contribution in [-0.2, 0) is 6.18 Å². The van der Waals surface area contributed by atoms with Gasteiger partial charge in [0.15, 0.2) is 0 Å². The standard InChI is InChI=1S/C18H18ClF3N2O/c1-3-24(4-2)16-10-9-12(18(20,21)22)11-15(16)23-17(25)13-7-5-6-8-14(13)19/h5-11H,3-4H2,1-2H3,(H,23,25). The minimum atomic E-state index is -4.49. The molecule has 2 aromatic rings. The summed E-state index contributed by atoms with van der Waals surface area (Å²) in [6.45, 7) is 4.97. The predicted molar refractivity (Wildman–Crippen MR) is 94.4 cm³/mol. The third kappa shape index (κ3) is 4.45. The Hall–Kier alpha value is -2.21. The normalized spacial score (nSPS) is 11.3. The Morgan fingerprint density at radius 1 is 1.12 bits per heavy atom. The fraction of sp³-hybridized carbons (Fsp3) is 0.278. The number of rotatable bonds is 5. The summed E-state index contributed by atoms with van der Waals surface area (Å²) in [6, 6.07) is 9.71. The number of benzene rings is 2. The van der Waals surface area contributed by atoms with Crippen molar-refractivity contribution in [2.75, 3.05) is 23.3 Å². The van der Waals surface area contributed by atoms with Crippen molar-refractivity contribution in [2.24, 2.45) is 0 Å². The maximum atomic E-state index is 13.0. The van der Waals surface area contributed by atoms with Gasteiger partial charge in [-0.2, -0.15) is 13.2 Å². The van der Waals surface area contributed by atoms with Gasteiger partial charge in [0.2, 0.25) is 0 Å². The molecule has 0 saturated carbocycles. The summed E-state index contributed by atoms with van der Waals surface area (Å²) >= 11 is 5.99. The van der Waals surface area contributed by atoms with Gasteiger partial charge in [0, 0.05) is 13.1 Å². The monoisotopic (exact) mass is 370 g/mol. The zero-order chi connectivity index (χ0) is 18.6. The molecule has 0 aromatic heterocycles. The third-order valence-corrected chi connectivity index (χ3v) is 4.12. The van der Waals surface area contributed by atoms with Gasteiger partial charge >= 0.3 is 6.18 Å². The number of halogens is 4. The number of anilines is 2. The van der Waals surface area contributed by atoms with Gasteiger partial charge in [-0.3, -0.25) is 4.79 Å². The molecule has 0 fully saturated rings. The molecule has 0 aliphatic rings. The Kier molecular flexibility index (Phi) is 5.95. The van der Waals surface area contributed by atoms with Gasteiger partial charge in [-0.05, 0) is 44.2 Å². The summed E-state index contributed by atoms with van der Waals surface area (Å²) in [4.78, 5) is 14.3. The molecule has 25 heavy (non-hydrogen) atoms. The van der Waals surface area contributed by atoms with Gasteiger partial charge < -0.3 is 10.2 Å². The molecule has 0 radical (unpaired) electrons. The quantitative estimate of drug-likeness (QED) is 0.758. The molecule has 1 N–H and O–H groups in total. The first-order chi connectivity index (χ1) is 11.8. The molecule has 0 heterocycles. The highest BCUT2D eigenvalue weighted by atomic mass is 35.5. The number of hydrogen-bond donors (Lipinski definition) is 1. The molecule has 0 aliphatic heterocycles. The number of hydrogen-bond acceptors (Lipinski definition) is 2. The smallest absolute Gasteiger partial charge is 0.370 e. The van der Waals surface area contributed by atoms with Gasteiger partial charge in [-0.25, -0.2) is 0 Å². The van der Waals surface area contributed by atoms with E-state index in [1.165, 1.54) is 12.1 Å². The van der Waals surface area contributed by atoms with Crippen LogP contribution < -0.4 is 10.2 Å². The van der Waals surface area contributed by atoms with Crippen LogP contribution in [0.2, 0.25) is 5.02 Å². The SMILES string of the molecule is CCN(CC)c1ccc(C(F)(F)F)cc1NC(=O)c1ccccc1Cl. The summed E-state index contributed by atoms with van der Waals surface area (Å²) in [5.74, 6) is -0.557. The number of carbonyl (C=O) groups excluding carboxylic acids is 1. The van der Waals surface area contributed by atoms with E-state index in [-0.39, 0.29) is 16.3 Å². The Morgan fingerprint density at radius 3 is 2.32 bits per heavy atom. The van der Waals surface area contributed by atoms with Crippen LogP contribution in [0.5, 0.6) is 0 Å². The van der Waals surface area contributed by atoms with Crippen LogP contribution in [0.15, 0.2) is 42.5 Å². The molecule has 0 atom stereocenters. The number of nitrogens with zero attached hydrogens (tertiary/aromatic N) is 1. The maximum absolute atomic E-state index is 13.0. The van der Waals surface area contributed by atoms with Crippen LogP contribution in [0.4, 0.5) is 24.5 Å². The van der Waals surface area contributed by atoms with Crippen molar-refractivity contribution in [2.45, 2.75) is 20.0 Å². The van der Waals surface area contributed by atoms with E-state index in [9.17, 15) is 18.0 Å². The molecule has 2 rings (SSSR count). The summed E-state index contributed by atoms with van der Waals surface area (Å²) in [5.41, 5.74) is 0.00629. The van der Waals surface area contributed by atoms with Crippen LogP contribution >= 0.6 is 11.6 Å². The number of alkyl halides is 3. The van der Waals surface area contributed by atoms with Crippen LogP contribution in [0.25, 0.3) is 0 Å². The Bertz CT molecular complexity index is 758. The lowest BCUT2D eigenvalue weighted by Crippen LogP contribution is -2.24. The van der Waals surface area contributed by atoms with E-state index in [1.807, 2.05) is 18.7 Å². The van der Waals surface area contributed by atoms with Gasteiger partial charge in [-0.15, -0.1) is 0 Å². The van der Waals surface area contributed by atoms with E-state index >= 15 is 0 Å². The Labute approximate surface area is 149 Å². The second-order valence-electron chi connectivity index (χ2n) is 5.34. The lowest BCUT2D eigenvalue weighted by Gasteiger charge is -2.25. The number of nitrogens with one attached hydrogen (secondary N) is 1. The molecule has 0 aliphatic carbocycles. The van der Waals surface area contributed by atoms with Crippen molar-refractivity contribution in [3.8, 4) is 0 Å². The minimum absolute atomic E-state index is 0.100. The van der Waals surface area contributed by atoms with Crippen LogP contribution in [0.3, 0.4) is 0 Å². The minimum Gasteiger partial charge on any atom is -0.370 e. The maximum Gasteiger partial charge on any atom is 0.416 e. The van der Waals surface area contributed by atoms with Crippen LogP contribution in [-0.4, -0.2) is 19.0 Å². The van der Waals surface area contributed by atoms with E-state index < -0.39 is 17.6 Å². The molecule has 1 amide bonds. The van der Waals surface area contributed by atoms with E-state index in [0.717, 1.165) is 12.1 Å². The Balaban J connectivity index is 2.45. The van der Waals surface area contributed by atoms with E-state index in [2.05, 4.69) is 5.32 Å². The van der Waals surface area contributed by atoms with E-state index in [4.69, 9.17) is 11.6 Å². The lowest BCUT2D eigenvalue weighted by molar-refractivity contribution is -0.137. The van der Waals surface area contributed by atoms with Gasteiger partial charge in [0.05, 0.1) is 27.5 Å². The largest absolute Gasteiger partial charge is 0.416 e. The second-order valence-corrected chi connectivity index (χ2v) is 5.74. The average molecular weight is 371 g/mol. The highest BCUT2D eigenvalue weighted by Gasteiger charge is 2.31. The fourth-order valence-corrected chi connectivity index (χ4v) is 2.71. The molecule has 0 bridgehead atoms. The highest BCUT2D eigenvalue weighted by Crippen LogP contribution is 2.35. The topological polar surface area (TPSA) is 32.3 Å². The van der Waals surface area contributed by atoms with Gasteiger partial charge in [0.25, 0.3) is 5.91 Å². The molecule has 3 nitrogen and oxygen atoms in total. The van der Waals surface area contributed by atoms with Crippen molar-refractivity contribution >= 4 is 28.9 Å². The molecule has 7 heteroatoms. The predicted octanol–water partition coefficient (Wildman–Crippen LogP) is 5.46. The molecule has 134 valence electrons. The first-order valence-electron chi connectivity index (χ1n) is 7.80. The van der Waals surface area contributed by atoms with Crippen molar-refractivity contribution in [1.82, 2.24) is 0 Å². The molecule has 2 aromatic carbocycles. The fourth-order valence-electron chi connectivity index (χ4n) is 2.49. The second kappa shape index (κ2) is 7.78. The summed E-state index contributed by atoms with van der Waals surface area (Å²) in [7, 11) is 0. The first kappa shape index (κ1) is 19.1. The molecular formula is C18H18ClF3N2O. The lowest BCUT2D eigenvalue weighted by atomic mass is 10.1. The zero-order valence-electron chi connectivity index (χ0n) is 13.8. The van der Waals surface area contributed by atoms with E-state index in [0.29, 0.717) is 18.8 Å². The molecule has 0 unspecified atom stereocenters. The zero-order valence-corrected chi connectivity index (χ0v) is 14.6. The highest BCUT2D eigenvalue weighted by molar-refractivity contribution is 6.34. The summed E-state index contributed by atoms with van der Waals surface area (Å²) in [6.07, 6.45) is -4.49. The van der Waals surface area contributed by atoms with Crippen molar-refractivity contribution < 1.29 is 18.0 Å². The van der Waals surface area contributed by atoms with E-state index in [1.54, 1.807) is 18.2 Å². The average Bonchev–Trinajstić information content (AvgIpc) is 2.56. The summed E-state index contributed by atoms with van der Waals surface area (Å²) in [5, 5.41) is 2.80. The summed E-state index contributed by atoms with van der Waals surface area (Å²) < 4.78 is 39.1. The third-order valence-electron chi connectivity index (χ3n) is 3.79. The Morgan fingerprint density at radius 2 is 1.76 bits per heavy atom. The molecular weight excluding hydrogens is 353 g/mol.